The van der Waals surface area contributed by atoms with E-state index in [2.05, 4.69) is 6.92 Å². The van der Waals surface area contributed by atoms with Gasteiger partial charge in [0.1, 0.15) is 6.54 Å². The zero-order valence-electron chi connectivity index (χ0n) is 16.9. The summed E-state index contributed by atoms with van der Waals surface area (Å²) in [4.78, 5) is 37.2. The van der Waals surface area contributed by atoms with Crippen molar-refractivity contribution in [2.24, 2.45) is 0 Å². The highest BCUT2D eigenvalue weighted by Crippen LogP contribution is 2.31. The van der Waals surface area contributed by atoms with Gasteiger partial charge in [-0.3, -0.25) is 19.3 Å². The first-order valence-corrected chi connectivity index (χ1v) is 11.1. The smallest absolute Gasteiger partial charge is 0.323 e. The van der Waals surface area contributed by atoms with Crippen LogP contribution in [0, 0.1) is 13.8 Å². The number of hydrogen-bond acceptors (Lipinski definition) is 4. The van der Waals surface area contributed by atoms with Gasteiger partial charge in [-0.25, -0.2) is 0 Å². The van der Waals surface area contributed by atoms with Crippen LogP contribution in [-0.2, 0) is 14.4 Å². The van der Waals surface area contributed by atoms with Gasteiger partial charge in [0, 0.05) is 11.4 Å². The van der Waals surface area contributed by atoms with Crippen molar-refractivity contribution in [3.05, 3.63) is 28.3 Å². The molecule has 1 N–H and O–H groups in total. The van der Waals surface area contributed by atoms with Crippen molar-refractivity contribution in [1.82, 2.24) is 0 Å². The highest BCUT2D eigenvalue weighted by Gasteiger charge is 2.23. The summed E-state index contributed by atoms with van der Waals surface area (Å²) >= 11 is 7.12. The summed E-state index contributed by atoms with van der Waals surface area (Å²) < 4.78 is 0. The van der Waals surface area contributed by atoms with Gasteiger partial charge in [-0.15, -0.1) is 0 Å². The number of unbranched alkanes of at least 4 members (excludes halogenated alkanes) is 5. The summed E-state index contributed by atoms with van der Waals surface area (Å²) in [6.07, 6.45) is 7.02. The number of nitrogens with zero attached hydrogens (tertiary/aromatic N) is 1. The zero-order chi connectivity index (χ0) is 21.1. The molecule has 0 fully saturated rings. The number of aryl methyl sites for hydroxylation is 1. The van der Waals surface area contributed by atoms with E-state index in [1.807, 2.05) is 0 Å². The highest BCUT2D eigenvalue weighted by molar-refractivity contribution is 8.14. The van der Waals surface area contributed by atoms with Crippen LogP contribution in [0.2, 0.25) is 5.02 Å². The lowest BCUT2D eigenvalue weighted by molar-refractivity contribution is -0.136. The SMILES string of the molecule is CCCCCCCCC(=O)SCC(=O)N(CC(=O)O)c1c(C)ccc(Cl)c1C. The molecule has 5 nitrogen and oxygen atoms in total. The number of amides is 1. The molecule has 0 heterocycles. The monoisotopic (exact) mass is 427 g/mol. The second-order valence-corrected chi connectivity index (χ2v) is 8.33. The van der Waals surface area contributed by atoms with Crippen molar-refractivity contribution >= 4 is 46.0 Å². The van der Waals surface area contributed by atoms with Crippen molar-refractivity contribution in [3.63, 3.8) is 0 Å². The zero-order valence-corrected chi connectivity index (χ0v) is 18.5. The molecule has 0 atom stereocenters. The number of anilines is 1. The third kappa shape index (κ3) is 8.23. The molecule has 0 aliphatic carbocycles. The molecule has 0 aliphatic heterocycles. The summed E-state index contributed by atoms with van der Waals surface area (Å²) in [6, 6.07) is 3.47. The summed E-state index contributed by atoms with van der Waals surface area (Å²) in [7, 11) is 0. The summed E-state index contributed by atoms with van der Waals surface area (Å²) in [5, 5.41) is 9.67. The summed E-state index contributed by atoms with van der Waals surface area (Å²) in [5.74, 6) is -1.60. The van der Waals surface area contributed by atoms with Crippen molar-refractivity contribution < 1.29 is 19.5 Å². The minimum atomic E-state index is -1.12. The molecule has 0 unspecified atom stereocenters. The number of carbonyl (C=O) groups is 3. The van der Waals surface area contributed by atoms with Crippen LogP contribution in [0.4, 0.5) is 5.69 Å². The number of carboxylic acids is 1. The van der Waals surface area contributed by atoms with E-state index in [1.54, 1.807) is 26.0 Å². The number of benzene rings is 1. The van der Waals surface area contributed by atoms with Crippen molar-refractivity contribution in [2.45, 2.75) is 65.7 Å². The van der Waals surface area contributed by atoms with E-state index < -0.39 is 18.4 Å². The topological polar surface area (TPSA) is 74.7 Å². The minimum absolute atomic E-state index is 0.0290. The first-order valence-electron chi connectivity index (χ1n) is 9.71. The second kappa shape index (κ2) is 12.8. The Kier molecular flexibility index (Phi) is 11.2. The molecule has 0 saturated heterocycles. The predicted octanol–water partition coefficient (Wildman–Crippen LogP) is 5.38. The Morgan fingerprint density at radius 3 is 2.36 bits per heavy atom. The van der Waals surface area contributed by atoms with E-state index in [-0.39, 0.29) is 10.9 Å². The molecule has 1 aromatic carbocycles. The quantitative estimate of drug-likeness (QED) is 0.453. The Morgan fingerprint density at radius 1 is 1.07 bits per heavy atom. The lowest BCUT2D eigenvalue weighted by Gasteiger charge is -2.25. The number of aliphatic carboxylic acids is 1. The number of rotatable bonds is 12. The highest BCUT2D eigenvalue weighted by atomic mass is 35.5. The summed E-state index contributed by atoms with van der Waals surface area (Å²) in [6.45, 7) is 5.26. The molecule has 28 heavy (non-hydrogen) atoms. The van der Waals surface area contributed by atoms with Crippen LogP contribution in [-0.4, -0.2) is 34.4 Å². The molecule has 0 radical (unpaired) electrons. The van der Waals surface area contributed by atoms with Gasteiger partial charge < -0.3 is 5.11 Å². The van der Waals surface area contributed by atoms with E-state index >= 15 is 0 Å². The molecule has 0 aromatic heterocycles. The molecular weight excluding hydrogens is 398 g/mol. The van der Waals surface area contributed by atoms with Gasteiger partial charge in [0.2, 0.25) is 5.91 Å². The van der Waals surface area contributed by atoms with E-state index in [0.29, 0.717) is 22.7 Å². The fourth-order valence-electron chi connectivity index (χ4n) is 3.00. The molecule has 0 saturated carbocycles. The van der Waals surface area contributed by atoms with Crippen LogP contribution in [0.25, 0.3) is 0 Å². The van der Waals surface area contributed by atoms with Crippen LogP contribution in [0.5, 0.6) is 0 Å². The van der Waals surface area contributed by atoms with Crippen molar-refractivity contribution in [3.8, 4) is 0 Å². The largest absolute Gasteiger partial charge is 0.480 e. The van der Waals surface area contributed by atoms with E-state index in [9.17, 15) is 19.5 Å². The van der Waals surface area contributed by atoms with E-state index in [1.165, 1.54) is 24.2 Å². The Labute approximate surface area is 176 Å². The Bertz CT molecular complexity index is 693. The third-order valence-corrected chi connectivity index (χ3v) is 5.85. The second-order valence-electron chi connectivity index (χ2n) is 6.89. The van der Waals surface area contributed by atoms with Crippen LogP contribution in [0.3, 0.4) is 0 Å². The number of hydrogen-bond donors (Lipinski definition) is 1. The number of carbonyl (C=O) groups excluding carboxylic acids is 2. The van der Waals surface area contributed by atoms with Gasteiger partial charge >= 0.3 is 5.97 Å². The Morgan fingerprint density at radius 2 is 1.71 bits per heavy atom. The minimum Gasteiger partial charge on any atom is -0.480 e. The van der Waals surface area contributed by atoms with Crippen LogP contribution in [0.1, 0.15) is 63.0 Å². The fraction of sp³-hybridized carbons (Fsp3) is 0.571. The van der Waals surface area contributed by atoms with Gasteiger partial charge in [-0.1, -0.05) is 68.5 Å². The van der Waals surface area contributed by atoms with Gasteiger partial charge in [0.15, 0.2) is 5.12 Å². The van der Waals surface area contributed by atoms with Gasteiger partial charge in [0.25, 0.3) is 0 Å². The number of thioether (sulfide) groups is 1. The molecule has 1 aromatic rings. The molecule has 7 heteroatoms. The molecular formula is C21H30ClNO4S. The molecule has 0 bridgehead atoms. The molecule has 1 amide bonds. The number of halogens is 1. The molecule has 156 valence electrons. The maximum atomic E-state index is 12.7. The maximum Gasteiger partial charge on any atom is 0.323 e. The standard InChI is InChI=1S/C21H30ClNO4S/c1-4-5-6-7-8-9-10-20(27)28-14-18(24)23(13-19(25)26)21-15(2)11-12-17(22)16(21)3/h11-12H,4-10,13-14H2,1-3H3,(H,25,26). The first-order chi connectivity index (χ1) is 13.3. The van der Waals surface area contributed by atoms with Crippen LogP contribution < -0.4 is 4.90 Å². The van der Waals surface area contributed by atoms with Crippen molar-refractivity contribution in [1.29, 1.82) is 0 Å². The predicted molar refractivity (Wildman–Crippen MR) is 116 cm³/mol. The van der Waals surface area contributed by atoms with E-state index in [0.717, 1.165) is 36.6 Å². The summed E-state index contributed by atoms with van der Waals surface area (Å²) in [5.41, 5.74) is 1.92. The molecule has 0 spiro atoms. The van der Waals surface area contributed by atoms with Crippen LogP contribution in [0.15, 0.2) is 12.1 Å². The first kappa shape index (κ1) is 24.5. The Hall–Kier alpha value is -1.53. The third-order valence-electron chi connectivity index (χ3n) is 4.52. The average molecular weight is 428 g/mol. The lowest BCUT2D eigenvalue weighted by atomic mass is 10.1. The molecule has 1 rings (SSSR count). The van der Waals surface area contributed by atoms with Gasteiger partial charge in [-0.2, -0.15) is 0 Å². The molecule has 0 aliphatic rings. The van der Waals surface area contributed by atoms with Crippen LogP contribution >= 0.6 is 23.4 Å². The fourth-order valence-corrected chi connectivity index (χ4v) is 3.88. The average Bonchev–Trinajstić information content (AvgIpc) is 2.64. The van der Waals surface area contributed by atoms with Gasteiger partial charge in [-0.05, 0) is 37.5 Å². The normalized spacial score (nSPS) is 10.7. The Balaban J connectivity index is 2.66. The maximum absolute atomic E-state index is 12.7. The van der Waals surface area contributed by atoms with Crippen molar-refractivity contribution in [2.75, 3.05) is 17.2 Å². The van der Waals surface area contributed by atoms with E-state index in [4.69, 9.17) is 11.6 Å². The van der Waals surface area contributed by atoms with Gasteiger partial charge in [0.05, 0.1) is 11.4 Å². The lowest BCUT2D eigenvalue weighted by Crippen LogP contribution is -2.38. The number of carboxylic acid groups (broad SMARTS) is 1.